The lowest BCUT2D eigenvalue weighted by Crippen LogP contribution is -2.30. The molecule has 3 aromatic rings. The molecule has 0 aliphatic heterocycles. The minimum Gasteiger partial charge on any atom is -0.341 e. The SMILES string of the molecule is CCn1c([C@@H](C)NS(=O)(=O)c2cccn2C)nc2ncc(C(F)(F)F)cc21. The Morgan fingerprint density at radius 1 is 1.33 bits per heavy atom. The summed E-state index contributed by atoms with van der Waals surface area (Å²) >= 11 is 0. The second-order valence-corrected chi connectivity index (χ2v) is 7.74. The second-order valence-electron chi connectivity index (χ2n) is 6.08. The molecule has 0 saturated carbocycles. The molecule has 1 N–H and O–H groups in total. The standard InChI is InChI=1S/C16H18F3N5O2S/c1-4-24-12-8-11(16(17,18)19)9-20-14(12)21-15(24)10(2)22-27(25,26)13-6-5-7-23(13)3/h5-10,22H,4H2,1-3H3/t10-/m1/s1. The predicted molar refractivity (Wildman–Crippen MR) is 92.4 cm³/mol. The number of nitrogens with zero attached hydrogens (tertiary/aromatic N) is 4. The molecule has 0 aliphatic rings. The van der Waals surface area contributed by atoms with E-state index in [-0.39, 0.29) is 22.0 Å². The van der Waals surface area contributed by atoms with Gasteiger partial charge >= 0.3 is 6.18 Å². The smallest absolute Gasteiger partial charge is 0.341 e. The molecule has 0 aromatic carbocycles. The zero-order valence-electron chi connectivity index (χ0n) is 14.8. The molecule has 0 aliphatic carbocycles. The fraction of sp³-hybridized carbons (Fsp3) is 0.375. The number of aromatic nitrogens is 4. The van der Waals surface area contributed by atoms with E-state index in [0.29, 0.717) is 6.54 Å². The number of halogens is 3. The van der Waals surface area contributed by atoms with Crippen LogP contribution in [0.25, 0.3) is 11.2 Å². The summed E-state index contributed by atoms with van der Waals surface area (Å²) in [4.78, 5) is 8.03. The minimum absolute atomic E-state index is 0.0750. The average Bonchev–Trinajstić information content (AvgIpc) is 3.16. The Morgan fingerprint density at radius 2 is 2.04 bits per heavy atom. The quantitative estimate of drug-likeness (QED) is 0.713. The van der Waals surface area contributed by atoms with Gasteiger partial charge in [-0.15, -0.1) is 0 Å². The predicted octanol–water partition coefficient (Wildman–Crippen LogP) is 2.85. The van der Waals surface area contributed by atoms with Gasteiger partial charge in [0.05, 0.1) is 17.1 Å². The monoisotopic (exact) mass is 401 g/mol. The van der Waals surface area contributed by atoms with Crippen molar-refractivity contribution in [3.8, 4) is 0 Å². The van der Waals surface area contributed by atoms with Crippen LogP contribution in [0, 0.1) is 0 Å². The van der Waals surface area contributed by atoms with E-state index in [9.17, 15) is 21.6 Å². The number of alkyl halides is 3. The van der Waals surface area contributed by atoms with E-state index in [1.807, 2.05) is 0 Å². The van der Waals surface area contributed by atoms with Crippen LogP contribution in [-0.4, -0.2) is 27.5 Å². The summed E-state index contributed by atoms with van der Waals surface area (Å²) in [5.74, 6) is 0.289. The number of nitrogens with one attached hydrogen (secondary N) is 1. The van der Waals surface area contributed by atoms with E-state index in [0.717, 1.165) is 12.3 Å². The third-order valence-electron chi connectivity index (χ3n) is 4.17. The maximum absolute atomic E-state index is 13.0. The molecule has 146 valence electrons. The zero-order chi connectivity index (χ0) is 20.0. The molecule has 0 saturated heterocycles. The summed E-state index contributed by atoms with van der Waals surface area (Å²) in [6.45, 7) is 3.63. The second kappa shape index (κ2) is 6.64. The number of aryl methyl sites for hydroxylation is 2. The molecular weight excluding hydrogens is 383 g/mol. The Bertz CT molecular complexity index is 1090. The molecule has 0 bridgehead atoms. The number of rotatable bonds is 5. The summed E-state index contributed by atoms with van der Waals surface area (Å²) in [6, 6.07) is 3.26. The summed E-state index contributed by atoms with van der Waals surface area (Å²) in [5.41, 5.74) is -0.551. The van der Waals surface area contributed by atoms with Crippen LogP contribution in [0.1, 0.15) is 31.3 Å². The average molecular weight is 401 g/mol. The molecule has 0 radical (unpaired) electrons. The first-order valence-corrected chi connectivity index (χ1v) is 9.60. The van der Waals surface area contributed by atoms with Crippen molar-refractivity contribution in [1.29, 1.82) is 0 Å². The molecule has 3 heterocycles. The van der Waals surface area contributed by atoms with Gasteiger partial charge in [0.1, 0.15) is 10.9 Å². The van der Waals surface area contributed by atoms with E-state index in [1.165, 1.54) is 15.2 Å². The van der Waals surface area contributed by atoms with Gasteiger partial charge < -0.3 is 9.13 Å². The highest BCUT2D eigenvalue weighted by Gasteiger charge is 2.32. The fourth-order valence-electron chi connectivity index (χ4n) is 2.91. The third kappa shape index (κ3) is 3.56. The molecule has 11 heteroatoms. The largest absolute Gasteiger partial charge is 0.417 e. The first kappa shape index (κ1) is 19.4. The van der Waals surface area contributed by atoms with Crippen molar-refractivity contribution in [2.75, 3.05) is 0 Å². The topological polar surface area (TPSA) is 81.8 Å². The lowest BCUT2D eigenvalue weighted by Gasteiger charge is -2.16. The van der Waals surface area contributed by atoms with Gasteiger partial charge in [0.25, 0.3) is 10.0 Å². The normalized spacial score (nSPS) is 14.0. The molecule has 0 fully saturated rings. The van der Waals surface area contributed by atoms with Crippen molar-refractivity contribution >= 4 is 21.2 Å². The molecule has 3 rings (SSSR count). The maximum atomic E-state index is 13.0. The molecule has 0 amide bonds. The van der Waals surface area contributed by atoms with Crippen molar-refractivity contribution in [2.24, 2.45) is 7.05 Å². The summed E-state index contributed by atoms with van der Waals surface area (Å²) < 4.78 is 69.5. The van der Waals surface area contributed by atoms with E-state index >= 15 is 0 Å². The van der Waals surface area contributed by atoms with Gasteiger partial charge in [-0.2, -0.15) is 17.9 Å². The molecule has 27 heavy (non-hydrogen) atoms. The number of fused-ring (bicyclic) bond motifs is 1. The lowest BCUT2D eigenvalue weighted by molar-refractivity contribution is -0.137. The van der Waals surface area contributed by atoms with Gasteiger partial charge in [0, 0.05) is 26.0 Å². The van der Waals surface area contributed by atoms with Gasteiger partial charge in [-0.25, -0.2) is 18.4 Å². The molecule has 7 nitrogen and oxygen atoms in total. The van der Waals surface area contributed by atoms with E-state index in [2.05, 4.69) is 14.7 Å². The summed E-state index contributed by atoms with van der Waals surface area (Å²) in [7, 11) is -2.23. The molecule has 1 atom stereocenters. The summed E-state index contributed by atoms with van der Waals surface area (Å²) in [5, 5.41) is 0.0750. The van der Waals surface area contributed by atoms with Gasteiger partial charge in [-0.1, -0.05) is 0 Å². The van der Waals surface area contributed by atoms with Crippen LogP contribution >= 0.6 is 0 Å². The van der Waals surface area contributed by atoms with Crippen molar-refractivity contribution in [3.05, 3.63) is 42.0 Å². The number of imidazole rings is 1. The van der Waals surface area contributed by atoms with Gasteiger partial charge in [-0.05, 0) is 32.0 Å². The highest BCUT2D eigenvalue weighted by Crippen LogP contribution is 2.31. The van der Waals surface area contributed by atoms with Crippen molar-refractivity contribution in [2.45, 2.75) is 37.6 Å². The van der Waals surface area contributed by atoms with Crippen LogP contribution in [0.2, 0.25) is 0 Å². The van der Waals surface area contributed by atoms with Crippen molar-refractivity contribution in [3.63, 3.8) is 0 Å². The summed E-state index contributed by atoms with van der Waals surface area (Å²) in [6.07, 6.45) is -2.20. The Hall–Kier alpha value is -2.40. The van der Waals surface area contributed by atoms with Crippen molar-refractivity contribution < 1.29 is 21.6 Å². The molecule has 0 unspecified atom stereocenters. The molecule has 0 spiro atoms. The molecular formula is C16H18F3N5O2S. The fourth-order valence-corrected chi connectivity index (χ4v) is 4.30. The Morgan fingerprint density at radius 3 is 2.59 bits per heavy atom. The Labute approximate surface area is 153 Å². The Balaban J connectivity index is 2.02. The number of sulfonamides is 1. The zero-order valence-corrected chi connectivity index (χ0v) is 15.6. The van der Waals surface area contributed by atoms with Gasteiger partial charge in [-0.3, -0.25) is 0 Å². The van der Waals surface area contributed by atoms with Crippen LogP contribution in [0.15, 0.2) is 35.6 Å². The van der Waals surface area contributed by atoms with E-state index in [1.54, 1.807) is 33.2 Å². The number of pyridine rings is 1. The maximum Gasteiger partial charge on any atom is 0.417 e. The Kier molecular flexibility index (Phi) is 4.76. The van der Waals surface area contributed by atoms with Crippen molar-refractivity contribution in [1.82, 2.24) is 23.8 Å². The number of hydrogen-bond acceptors (Lipinski definition) is 4. The minimum atomic E-state index is -4.52. The van der Waals surface area contributed by atoms with E-state index < -0.39 is 27.8 Å². The van der Waals surface area contributed by atoms with Crippen LogP contribution in [0.4, 0.5) is 13.2 Å². The number of hydrogen-bond donors (Lipinski definition) is 1. The third-order valence-corrected chi connectivity index (χ3v) is 5.81. The van der Waals surface area contributed by atoms with Crippen LogP contribution < -0.4 is 4.72 Å². The molecule has 3 aromatic heterocycles. The van der Waals surface area contributed by atoms with Gasteiger partial charge in [0.2, 0.25) is 0 Å². The van der Waals surface area contributed by atoms with E-state index in [4.69, 9.17) is 0 Å². The van der Waals surface area contributed by atoms with Gasteiger partial charge in [0.15, 0.2) is 5.65 Å². The van der Waals surface area contributed by atoms with Crippen LogP contribution in [-0.2, 0) is 29.8 Å². The highest BCUT2D eigenvalue weighted by molar-refractivity contribution is 7.89. The van der Waals surface area contributed by atoms with Crippen LogP contribution in [0.3, 0.4) is 0 Å². The first-order chi connectivity index (χ1) is 12.5. The van der Waals surface area contributed by atoms with Crippen LogP contribution in [0.5, 0.6) is 0 Å². The lowest BCUT2D eigenvalue weighted by atomic mass is 10.2. The first-order valence-electron chi connectivity index (χ1n) is 8.11. The highest BCUT2D eigenvalue weighted by atomic mass is 32.2.